The number of anilines is 1. The molecular formula is C18H14BrF2NO4. The number of carbonyl (C=O) groups excluding carboxylic acids is 2. The van der Waals surface area contributed by atoms with Crippen molar-refractivity contribution in [2.75, 3.05) is 11.9 Å². The van der Waals surface area contributed by atoms with Crippen LogP contribution < -0.4 is 10.1 Å². The molecule has 2 aromatic carbocycles. The minimum atomic E-state index is -3.02. The van der Waals surface area contributed by atoms with Crippen molar-refractivity contribution in [3.8, 4) is 5.75 Å². The zero-order chi connectivity index (χ0) is 18.9. The van der Waals surface area contributed by atoms with Gasteiger partial charge in [-0.05, 0) is 35.9 Å². The van der Waals surface area contributed by atoms with Crippen molar-refractivity contribution < 1.29 is 27.8 Å². The quantitative estimate of drug-likeness (QED) is 0.532. The van der Waals surface area contributed by atoms with E-state index in [1.165, 1.54) is 30.4 Å². The van der Waals surface area contributed by atoms with Crippen molar-refractivity contribution in [1.29, 1.82) is 0 Å². The highest BCUT2D eigenvalue weighted by Gasteiger charge is 2.12. The standard InChI is InChI=1S/C18H14BrF2NO4/c19-13-5-3-4-12(10-13)8-9-17(24)25-11-16(23)22-14-6-1-2-7-15(14)26-18(20)21/h1-10,18H,11H2,(H,22,23). The average Bonchev–Trinajstić information content (AvgIpc) is 2.59. The van der Waals surface area contributed by atoms with E-state index in [4.69, 9.17) is 4.74 Å². The van der Waals surface area contributed by atoms with Crippen LogP contribution in [0, 0.1) is 0 Å². The highest BCUT2D eigenvalue weighted by Crippen LogP contribution is 2.25. The number of nitrogens with one attached hydrogen (secondary N) is 1. The Balaban J connectivity index is 1.86. The second-order valence-corrected chi connectivity index (χ2v) is 5.83. The van der Waals surface area contributed by atoms with E-state index in [0.29, 0.717) is 0 Å². The lowest BCUT2D eigenvalue weighted by atomic mass is 10.2. The summed E-state index contributed by atoms with van der Waals surface area (Å²) in [5.41, 5.74) is 0.831. The van der Waals surface area contributed by atoms with E-state index < -0.39 is 25.1 Å². The maximum atomic E-state index is 12.3. The summed E-state index contributed by atoms with van der Waals surface area (Å²) in [4.78, 5) is 23.5. The van der Waals surface area contributed by atoms with Crippen molar-refractivity contribution in [2.45, 2.75) is 6.61 Å². The largest absolute Gasteiger partial charge is 0.452 e. The summed E-state index contributed by atoms with van der Waals surface area (Å²) >= 11 is 3.31. The van der Waals surface area contributed by atoms with Gasteiger partial charge >= 0.3 is 12.6 Å². The predicted octanol–water partition coefficient (Wildman–Crippen LogP) is 4.25. The molecule has 0 aliphatic heterocycles. The van der Waals surface area contributed by atoms with Crippen molar-refractivity contribution in [1.82, 2.24) is 0 Å². The van der Waals surface area contributed by atoms with Gasteiger partial charge in [0, 0.05) is 10.5 Å². The van der Waals surface area contributed by atoms with Gasteiger partial charge in [0.1, 0.15) is 5.75 Å². The monoisotopic (exact) mass is 425 g/mol. The highest BCUT2D eigenvalue weighted by molar-refractivity contribution is 9.10. The SMILES string of the molecule is O=C(COC(=O)C=Cc1cccc(Br)c1)Nc1ccccc1OC(F)F. The molecule has 0 saturated carbocycles. The Hall–Kier alpha value is -2.74. The van der Waals surface area contributed by atoms with Gasteiger partial charge in [-0.3, -0.25) is 4.79 Å². The summed E-state index contributed by atoms with van der Waals surface area (Å²) in [6.45, 7) is -3.58. The molecular weight excluding hydrogens is 412 g/mol. The van der Waals surface area contributed by atoms with Crippen molar-refractivity contribution in [2.24, 2.45) is 0 Å². The normalized spacial score (nSPS) is 10.8. The fourth-order valence-corrected chi connectivity index (χ4v) is 2.33. The van der Waals surface area contributed by atoms with Gasteiger partial charge in [-0.1, -0.05) is 40.2 Å². The molecule has 5 nitrogen and oxygen atoms in total. The summed E-state index contributed by atoms with van der Waals surface area (Å²) in [6, 6.07) is 13.0. The van der Waals surface area contributed by atoms with Gasteiger partial charge in [-0.15, -0.1) is 0 Å². The summed E-state index contributed by atoms with van der Waals surface area (Å²) in [6.07, 6.45) is 2.72. The third-order valence-corrected chi connectivity index (χ3v) is 3.48. The third-order valence-electron chi connectivity index (χ3n) is 2.98. The number of hydrogen-bond donors (Lipinski definition) is 1. The van der Waals surface area contributed by atoms with Gasteiger partial charge in [0.05, 0.1) is 5.69 Å². The molecule has 0 saturated heterocycles. The molecule has 1 N–H and O–H groups in total. The Morgan fingerprint density at radius 2 is 1.92 bits per heavy atom. The number of alkyl halides is 2. The smallest absolute Gasteiger partial charge is 0.387 e. The van der Waals surface area contributed by atoms with E-state index in [1.54, 1.807) is 24.3 Å². The molecule has 0 radical (unpaired) electrons. The van der Waals surface area contributed by atoms with Gasteiger partial charge in [-0.25, -0.2) is 4.79 Å². The zero-order valence-electron chi connectivity index (χ0n) is 13.3. The number of esters is 1. The number of halogens is 3. The summed E-state index contributed by atoms with van der Waals surface area (Å²) in [5.74, 6) is -1.58. The molecule has 0 aliphatic carbocycles. The third kappa shape index (κ3) is 6.64. The Morgan fingerprint density at radius 3 is 2.65 bits per heavy atom. The van der Waals surface area contributed by atoms with Gasteiger partial charge in [0.15, 0.2) is 6.61 Å². The van der Waals surface area contributed by atoms with Crippen LogP contribution in [0.3, 0.4) is 0 Å². The number of carbonyl (C=O) groups is 2. The minimum absolute atomic E-state index is 0.0542. The molecule has 1 amide bonds. The lowest BCUT2D eigenvalue weighted by Gasteiger charge is -2.11. The molecule has 0 aliphatic rings. The van der Waals surface area contributed by atoms with Crippen LogP contribution in [-0.4, -0.2) is 25.1 Å². The molecule has 0 spiro atoms. The maximum Gasteiger partial charge on any atom is 0.387 e. The number of rotatable bonds is 7. The molecule has 8 heteroatoms. The van der Waals surface area contributed by atoms with Crippen molar-refractivity contribution in [3.05, 3.63) is 64.6 Å². The van der Waals surface area contributed by atoms with E-state index >= 15 is 0 Å². The molecule has 2 rings (SSSR count). The number of ether oxygens (including phenoxy) is 2. The number of amides is 1. The van der Waals surface area contributed by atoms with E-state index in [2.05, 4.69) is 26.0 Å². The van der Waals surface area contributed by atoms with Crippen LogP contribution in [0.25, 0.3) is 6.08 Å². The molecule has 136 valence electrons. The Bertz CT molecular complexity index is 811. The first kappa shape index (κ1) is 19.6. The lowest BCUT2D eigenvalue weighted by molar-refractivity contribution is -0.142. The number of hydrogen-bond acceptors (Lipinski definition) is 4. The maximum absolute atomic E-state index is 12.3. The highest BCUT2D eigenvalue weighted by atomic mass is 79.9. The van der Waals surface area contributed by atoms with Crippen LogP contribution in [0.1, 0.15) is 5.56 Å². The summed E-state index contributed by atoms with van der Waals surface area (Å²) in [7, 11) is 0. The number of para-hydroxylation sites is 2. The first-order valence-corrected chi connectivity index (χ1v) is 8.17. The molecule has 0 bridgehead atoms. The van der Waals surface area contributed by atoms with Crippen LogP contribution in [0.2, 0.25) is 0 Å². The second-order valence-electron chi connectivity index (χ2n) is 4.92. The van der Waals surface area contributed by atoms with Crippen LogP contribution in [0.15, 0.2) is 59.1 Å². The van der Waals surface area contributed by atoms with Gasteiger partial charge < -0.3 is 14.8 Å². The van der Waals surface area contributed by atoms with Gasteiger partial charge in [0.25, 0.3) is 5.91 Å². The fraction of sp³-hybridized carbons (Fsp3) is 0.111. The second kappa shape index (κ2) is 9.67. The average molecular weight is 426 g/mol. The molecule has 0 heterocycles. The first-order valence-electron chi connectivity index (χ1n) is 7.38. The first-order chi connectivity index (χ1) is 12.4. The van der Waals surface area contributed by atoms with E-state index in [0.717, 1.165) is 10.0 Å². The Kier molecular flexibility index (Phi) is 7.28. The van der Waals surface area contributed by atoms with E-state index in [1.807, 2.05) is 6.07 Å². The van der Waals surface area contributed by atoms with E-state index in [-0.39, 0.29) is 11.4 Å². The van der Waals surface area contributed by atoms with Crippen LogP contribution in [0.5, 0.6) is 5.75 Å². The molecule has 2 aromatic rings. The Morgan fingerprint density at radius 1 is 1.15 bits per heavy atom. The minimum Gasteiger partial charge on any atom is -0.452 e. The van der Waals surface area contributed by atoms with Gasteiger partial charge in [-0.2, -0.15) is 8.78 Å². The molecule has 0 unspecified atom stereocenters. The van der Waals surface area contributed by atoms with Crippen LogP contribution in [-0.2, 0) is 14.3 Å². The summed E-state index contributed by atoms with van der Waals surface area (Å²) < 4.78 is 34.6. The van der Waals surface area contributed by atoms with Crippen LogP contribution in [0.4, 0.5) is 14.5 Å². The Labute approximate surface area is 156 Å². The zero-order valence-corrected chi connectivity index (χ0v) is 14.9. The van der Waals surface area contributed by atoms with Crippen molar-refractivity contribution >= 4 is 39.6 Å². The molecule has 0 fully saturated rings. The van der Waals surface area contributed by atoms with Gasteiger partial charge in [0.2, 0.25) is 0 Å². The fourth-order valence-electron chi connectivity index (χ4n) is 1.91. The molecule has 0 atom stereocenters. The molecule has 0 aromatic heterocycles. The summed E-state index contributed by atoms with van der Waals surface area (Å²) in [5, 5.41) is 2.35. The molecule has 26 heavy (non-hydrogen) atoms. The number of benzene rings is 2. The van der Waals surface area contributed by atoms with Crippen molar-refractivity contribution in [3.63, 3.8) is 0 Å². The topological polar surface area (TPSA) is 64.6 Å². The lowest BCUT2D eigenvalue weighted by Crippen LogP contribution is -2.20. The van der Waals surface area contributed by atoms with Crippen LogP contribution >= 0.6 is 15.9 Å². The predicted molar refractivity (Wildman–Crippen MR) is 95.8 cm³/mol. The van der Waals surface area contributed by atoms with E-state index in [9.17, 15) is 18.4 Å².